The number of hydrogen-bond acceptors (Lipinski definition) is 6. The van der Waals surface area contributed by atoms with Crippen LogP contribution in [0.15, 0.2) is 103 Å². The SMILES string of the molecule is CN(C)/C=C(/C(=O)c1ccccc1)N1C(=O)c2ccccc2C1=O.Nc1cn[nH]c1-c1ccccc1. The Bertz CT molecular complexity index is 1390. The molecule has 36 heavy (non-hydrogen) atoms. The number of imide groups is 1. The van der Waals surface area contributed by atoms with Gasteiger partial charge in [0.1, 0.15) is 5.70 Å². The van der Waals surface area contributed by atoms with Crippen LogP contribution in [0.1, 0.15) is 31.1 Å². The van der Waals surface area contributed by atoms with Gasteiger partial charge >= 0.3 is 0 Å². The number of nitrogens with one attached hydrogen (secondary N) is 1. The normalized spacial score (nSPS) is 12.6. The van der Waals surface area contributed by atoms with Crippen molar-refractivity contribution in [2.75, 3.05) is 19.8 Å². The van der Waals surface area contributed by atoms with Crippen LogP contribution in [0.2, 0.25) is 0 Å². The molecule has 0 radical (unpaired) electrons. The Kier molecular flexibility index (Phi) is 7.06. The molecule has 1 aliphatic heterocycles. The van der Waals surface area contributed by atoms with Gasteiger partial charge in [0.2, 0.25) is 5.78 Å². The summed E-state index contributed by atoms with van der Waals surface area (Å²) in [5, 5.41) is 6.69. The number of allylic oxidation sites excluding steroid dienone is 1. The van der Waals surface area contributed by atoms with E-state index < -0.39 is 11.8 Å². The van der Waals surface area contributed by atoms with E-state index in [0.717, 1.165) is 16.2 Å². The molecule has 2 heterocycles. The Morgan fingerprint density at radius 1 is 0.861 bits per heavy atom. The summed E-state index contributed by atoms with van der Waals surface area (Å²) < 4.78 is 0. The van der Waals surface area contributed by atoms with Gasteiger partial charge in [0.05, 0.1) is 28.7 Å². The van der Waals surface area contributed by atoms with Crippen molar-refractivity contribution in [2.45, 2.75) is 0 Å². The number of rotatable bonds is 5. The number of aromatic nitrogens is 2. The Balaban J connectivity index is 0.000000211. The smallest absolute Gasteiger partial charge is 0.266 e. The monoisotopic (exact) mass is 479 g/mol. The quantitative estimate of drug-likeness (QED) is 0.252. The van der Waals surface area contributed by atoms with Crippen LogP contribution in [0.25, 0.3) is 11.3 Å². The molecule has 2 amide bonds. The molecule has 5 rings (SSSR count). The molecule has 3 N–H and O–H groups in total. The number of nitrogens with two attached hydrogens (primary N) is 1. The van der Waals surface area contributed by atoms with Crippen molar-refractivity contribution in [3.8, 4) is 11.3 Å². The van der Waals surface area contributed by atoms with Gasteiger partial charge in [-0.05, 0) is 12.1 Å². The molecule has 1 aliphatic rings. The van der Waals surface area contributed by atoms with Crippen molar-refractivity contribution in [3.05, 3.63) is 120 Å². The van der Waals surface area contributed by atoms with Gasteiger partial charge < -0.3 is 10.6 Å². The number of aromatic amines is 1. The van der Waals surface area contributed by atoms with Crippen LogP contribution in [0.3, 0.4) is 0 Å². The number of ketones is 1. The molecule has 4 aromatic rings. The minimum Gasteiger partial charge on any atom is -0.396 e. The number of nitrogen functional groups attached to an aromatic ring is 1. The molecule has 8 nitrogen and oxygen atoms in total. The van der Waals surface area contributed by atoms with Gasteiger partial charge in [0.15, 0.2) is 0 Å². The number of fused-ring (bicyclic) bond motifs is 1. The fourth-order valence-electron chi connectivity index (χ4n) is 3.74. The highest BCUT2D eigenvalue weighted by atomic mass is 16.2. The maximum Gasteiger partial charge on any atom is 0.266 e. The molecule has 8 heteroatoms. The first-order chi connectivity index (χ1) is 17.4. The minimum absolute atomic E-state index is 0.0393. The lowest BCUT2D eigenvalue weighted by molar-refractivity contribution is 0.0675. The number of benzene rings is 3. The lowest BCUT2D eigenvalue weighted by atomic mass is 10.1. The maximum atomic E-state index is 12.9. The van der Waals surface area contributed by atoms with E-state index in [9.17, 15) is 14.4 Å². The van der Waals surface area contributed by atoms with Gasteiger partial charge in [-0.3, -0.25) is 19.5 Å². The molecule has 0 spiro atoms. The molecule has 180 valence electrons. The molecule has 3 aromatic carbocycles. The largest absolute Gasteiger partial charge is 0.396 e. The van der Waals surface area contributed by atoms with Crippen molar-refractivity contribution in [3.63, 3.8) is 0 Å². The fraction of sp³-hybridized carbons (Fsp3) is 0.0714. The first-order valence-electron chi connectivity index (χ1n) is 11.2. The number of nitrogens with zero attached hydrogens (tertiary/aromatic N) is 3. The lowest BCUT2D eigenvalue weighted by Gasteiger charge is -2.19. The predicted molar refractivity (Wildman–Crippen MR) is 138 cm³/mol. The van der Waals surface area contributed by atoms with Gasteiger partial charge in [-0.25, -0.2) is 4.90 Å². The summed E-state index contributed by atoms with van der Waals surface area (Å²) in [7, 11) is 3.47. The number of amides is 2. The fourth-order valence-corrected chi connectivity index (χ4v) is 3.74. The van der Waals surface area contributed by atoms with E-state index in [1.54, 1.807) is 79.8 Å². The van der Waals surface area contributed by atoms with Crippen LogP contribution in [0, 0.1) is 0 Å². The predicted octanol–water partition coefficient (Wildman–Crippen LogP) is 4.23. The third kappa shape index (κ3) is 4.92. The Hall–Kier alpha value is -4.98. The second-order valence-corrected chi connectivity index (χ2v) is 8.23. The molecule has 0 unspecified atom stereocenters. The van der Waals surface area contributed by atoms with Crippen LogP contribution < -0.4 is 5.73 Å². The number of Topliss-reactive ketones (excluding diaryl/α,β-unsaturated/α-hetero) is 1. The van der Waals surface area contributed by atoms with Gasteiger partial charge in [-0.2, -0.15) is 5.10 Å². The summed E-state index contributed by atoms with van der Waals surface area (Å²) in [6.07, 6.45) is 3.11. The van der Waals surface area contributed by atoms with Crippen molar-refractivity contribution >= 4 is 23.3 Å². The Labute approximate surface area is 208 Å². The van der Waals surface area contributed by atoms with E-state index in [1.165, 1.54) is 6.20 Å². The molecule has 0 saturated carbocycles. The lowest BCUT2D eigenvalue weighted by Crippen LogP contribution is -2.34. The summed E-state index contributed by atoms with van der Waals surface area (Å²) >= 11 is 0. The highest BCUT2D eigenvalue weighted by Gasteiger charge is 2.39. The summed E-state index contributed by atoms with van der Waals surface area (Å²) in [6.45, 7) is 0. The number of anilines is 1. The van der Waals surface area contributed by atoms with Crippen molar-refractivity contribution in [1.82, 2.24) is 20.0 Å². The Morgan fingerprint density at radius 3 is 1.89 bits per heavy atom. The van der Waals surface area contributed by atoms with Gasteiger partial charge in [-0.1, -0.05) is 72.8 Å². The van der Waals surface area contributed by atoms with Crippen molar-refractivity contribution < 1.29 is 14.4 Å². The summed E-state index contributed by atoms with van der Waals surface area (Å²) in [5.74, 6) is -1.33. The molecule has 0 bridgehead atoms. The van der Waals surface area contributed by atoms with Crippen LogP contribution in [0.5, 0.6) is 0 Å². The highest BCUT2D eigenvalue weighted by molar-refractivity contribution is 6.26. The zero-order valence-electron chi connectivity index (χ0n) is 19.9. The molecular formula is C28H25N5O3. The first-order valence-corrected chi connectivity index (χ1v) is 11.2. The van der Waals surface area contributed by atoms with E-state index in [2.05, 4.69) is 10.2 Å². The molecule has 0 fully saturated rings. The molecule has 0 aliphatic carbocycles. The number of hydrogen-bond donors (Lipinski definition) is 2. The zero-order chi connectivity index (χ0) is 25.7. The van der Waals surface area contributed by atoms with Gasteiger partial charge in [-0.15, -0.1) is 0 Å². The summed E-state index contributed by atoms with van der Waals surface area (Å²) in [5.41, 5.74) is 9.39. The number of carbonyl (C=O) groups is 3. The maximum absolute atomic E-state index is 12.9. The van der Waals surface area contributed by atoms with Crippen molar-refractivity contribution in [2.24, 2.45) is 0 Å². The topological polar surface area (TPSA) is 112 Å². The second kappa shape index (κ2) is 10.5. The average Bonchev–Trinajstić information content (AvgIpc) is 3.44. The average molecular weight is 480 g/mol. The minimum atomic E-state index is -0.479. The van der Waals surface area contributed by atoms with Crippen LogP contribution >= 0.6 is 0 Å². The van der Waals surface area contributed by atoms with Crippen LogP contribution in [-0.4, -0.2) is 51.7 Å². The van der Waals surface area contributed by atoms with Crippen LogP contribution in [-0.2, 0) is 0 Å². The van der Waals surface area contributed by atoms with Crippen LogP contribution in [0.4, 0.5) is 5.69 Å². The third-order valence-corrected chi connectivity index (χ3v) is 5.42. The molecule has 0 saturated heterocycles. The number of H-pyrrole nitrogens is 1. The second-order valence-electron chi connectivity index (χ2n) is 8.23. The summed E-state index contributed by atoms with van der Waals surface area (Å²) in [6, 6.07) is 25.1. The van der Waals surface area contributed by atoms with Crippen molar-refractivity contribution in [1.29, 1.82) is 0 Å². The first kappa shape index (κ1) is 24.2. The van der Waals surface area contributed by atoms with E-state index in [4.69, 9.17) is 5.73 Å². The van der Waals surface area contributed by atoms with E-state index >= 15 is 0 Å². The van der Waals surface area contributed by atoms with E-state index in [-0.39, 0.29) is 11.5 Å². The molecule has 1 aromatic heterocycles. The summed E-state index contributed by atoms with van der Waals surface area (Å²) in [4.78, 5) is 40.8. The van der Waals surface area contributed by atoms with E-state index in [0.29, 0.717) is 22.4 Å². The molecular weight excluding hydrogens is 454 g/mol. The van der Waals surface area contributed by atoms with Gasteiger partial charge in [0, 0.05) is 31.4 Å². The standard InChI is InChI=1S/C19H16N2O3.C9H9N3/c1-20(2)12-16(17(22)13-8-4-3-5-9-13)21-18(23)14-10-6-7-11-15(14)19(21)24;10-8-6-11-12-9(8)7-4-2-1-3-5-7/h3-12H,1-2H3;1-6H,10H2,(H,11,12)/b16-12-;. The molecule has 0 atom stereocenters. The zero-order valence-corrected chi connectivity index (χ0v) is 19.9. The highest BCUT2D eigenvalue weighted by Crippen LogP contribution is 2.28. The third-order valence-electron chi connectivity index (χ3n) is 5.42. The number of carbonyl (C=O) groups excluding carboxylic acids is 3. The van der Waals surface area contributed by atoms with Gasteiger partial charge in [0.25, 0.3) is 11.8 Å². The van der Waals surface area contributed by atoms with E-state index in [1.807, 2.05) is 30.3 Å². The Morgan fingerprint density at radius 2 is 1.39 bits per heavy atom.